The molecule has 1 aliphatic rings. The summed E-state index contributed by atoms with van der Waals surface area (Å²) in [6.07, 6.45) is 8.08. The van der Waals surface area contributed by atoms with Gasteiger partial charge >= 0.3 is 5.97 Å². The van der Waals surface area contributed by atoms with Gasteiger partial charge in [-0.25, -0.2) is 4.79 Å². The van der Waals surface area contributed by atoms with E-state index >= 15 is 0 Å². The molecule has 1 aliphatic heterocycles. The van der Waals surface area contributed by atoms with Crippen LogP contribution in [0.25, 0.3) is 6.08 Å². The Morgan fingerprint density at radius 2 is 1.94 bits per heavy atom. The molecule has 0 aromatic heterocycles. The van der Waals surface area contributed by atoms with E-state index in [4.69, 9.17) is 27.4 Å². The van der Waals surface area contributed by atoms with E-state index in [-0.39, 0.29) is 15.3 Å². The van der Waals surface area contributed by atoms with Crippen LogP contribution < -0.4 is 15.2 Å². The number of primary amides is 1. The summed E-state index contributed by atoms with van der Waals surface area (Å²) < 4.78 is 11.6. The van der Waals surface area contributed by atoms with Gasteiger partial charge in [0.1, 0.15) is 10.4 Å². The average molecular weight is 509 g/mol. The SMILES string of the molecule is CCCCCCC[C@@H](C)Oc1ccc(/C=C2/SC(=S)N([C@@H](CC(N)=O)C(=O)O)C2=O)cc1OC. The molecule has 1 aromatic rings. The van der Waals surface area contributed by atoms with Gasteiger partial charge in [0.2, 0.25) is 5.91 Å². The van der Waals surface area contributed by atoms with Gasteiger partial charge in [-0.3, -0.25) is 14.5 Å². The predicted molar refractivity (Wildman–Crippen MR) is 137 cm³/mol. The second-order valence-electron chi connectivity index (χ2n) is 8.12. The van der Waals surface area contributed by atoms with Crippen LogP contribution in [0.3, 0.4) is 0 Å². The Labute approximate surface area is 209 Å². The average Bonchev–Trinajstić information content (AvgIpc) is 3.05. The van der Waals surface area contributed by atoms with Gasteiger partial charge in [-0.1, -0.05) is 62.7 Å². The molecule has 0 aliphatic carbocycles. The van der Waals surface area contributed by atoms with Crippen molar-refractivity contribution in [3.8, 4) is 11.5 Å². The minimum absolute atomic E-state index is 0.0378. The standard InChI is InChI=1S/C24H32N2O6S2/c1-4-5-6-7-8-9-15(2)32-18-11-10-16(12-19(18)31-3)13-20-22(28)26(24(33)34-20)17(23(29)30)14-21(25)27/h10-13,15,17H,4-9,14H2,1-3H3,(H2,25,27)(H,29,30)/b20-13+/t15-,17+/m1/s1. The van der Waals surface area contributed by atoms with Crippen LogP contribution in [-0.4, -0.2) is 51.4 Å². The van der Waals surface area contributed by atoms with Crippen molar-refractivity contribution in [3.05, 3.63) is 28.7 Å². The predicted octanol–water partition coefficient (Wildman–Crippen LogP) is 4.35. The van der Waals surface area contributed by atoms with E-state index in [9.17, 15) is 19.5 Å². The van der Waals surface area contributed by atoms with Crippen LogP contribution in [0, 0.1) is 0 Å². The molecule has 10 heteroatoms. The van der Waals surface area contributed by atoms with E-state index in [0.717, 1.165) is 29.5 Å². The number of nitrogens with two attached hydrogens (primary N) is 1. The monoisotopic (exact) mass is 508 g/mol. The summed E-state index contributed by atoms with van der Waals surface area (Å²) in [5, 5.41) is 9.44. The Balaban J connectivity index is 2.12. The molecule has 34 heavy (non-hydrogen) atoms. The first-order valence-electron chi connectivity index (χ1n) is 11.3. The maximum atomic E-state index is 12.9. The highest BCUT2D eigenvalue weighted by Crippen LogP contribution is 2.36. The smallest absolute Gasteiger partial charge is 0.327 e. The van der Waals surface area contributed by atoms with Crippen LogP contribution in [0.5, 0.6) is 11.5 Å². The van der Waals surface area contributed by atoms with Gasteiger partial charge in [-0.2, -0.15) is 0 Å². The molecular formula is C24H32N2O6S2. The molecule has 0 radical (unpaired) electrons. The molecule has 3 N–H and O–H groups in total. The number of carbonyl (C=O) groups is 3. The van der Waals surface area contributed by atoms with Crippen LogP contribution in [0.15, 0.2) is 23.1 Å². The van der Waals surface area contributed by atoms with Crippen LogP contribution in [0.1, 0.15) is 64.4 Å². The molecule has 2 rings (SSSR count). The van der Waals surface area contributed by atoms with Crippen molar-refractivity contribution in [1.29, 1.82) is 0 Å². The molecule has 1 heterocycles. The lowest BCUT2D eigenvalue weighted by Crippen LogP contribution is -2.46. The third-order valence-electron chi connectivity index (χ3n) is 5.34. The quantitative estimate of drug-likeness (QED) is 0.216. The molecule has 2 atom stereocenters. The van der Waals surface area contributed by atoms with Gasteiger partial charge in [0.15, 0.2) is 11.5 Å². The van der Waals surface area contributed by atoms with E-state index in [2.05, 4.69) is 6.92 Å². The molecule has 0 bridgehead atoms. The molecule has 1 saturated heterocycles. The molecule has 0 spiro atoms. The first-order chi connectivity index (χ1) is 16.2. The number of hydrogen-bond donors (Lipinski definition) is 2. The zero-order chi connectivity index (χ0) is 25.3. The van der Waals surface area contributed by atoms with Crippen molar-refractivity contribution in [2.45, 2.75) is 70.9 Å². The first-order valence-corrected chi connectivity index (χ1v) is 12.5. The van der Waals surface area contributed by atoms with Gasteiger partial charge in [0.25, 0.3) is 5.91 Å². The zero-order valence-corrected chi connectivity index (χ0v) is 21.4. The minimum atomic E-state index is -1.44. The Morgan fingerprint density at radius 1 is 1.24 bits per heavy atom. The summed E-state index contributed by atoms with van der Waals surface area (Å²) in [6.45, 7) is 4.23. The number of carbonyl (C=O) groups excluding carboxylic acids is 2. The van der Waals surface area contributed by atoms with Gasteiger partial charge in [-0.15, -0.1) is 0 Å². The minimum Gasteiger partial charge on any atom is -0.493 e. The van der Waals surface area contributed by atoms with Gasteiger partial charge < -0.3 is 20.3 Å². The molecular weight excluding hydrogens is 476 g/mol. The molecule has 0 unspecified atom stereocenters. The van der Waals surface area contributed by atoms with Crippen molar-refractivity contribution in [2.24, 2.45) is 5.73 Å². The lowest BCUT2D eigenvalue weighted by Gasteiger charge is -2.21. The number of thioether (sulfide) groups is 1. The Bertz CT molecular complexity index is 949. The van der Waals surface area contributed by atoms with E-state index in [1.54, 1.807) is 31.4 Å². The van der Waals surface area contributed by atoms with E-state index in [1.165, 1.54) is 25.7 Å². The maximum absolute atomic E-state index is 12.9. The van der Waals surface area contributed by atoms with Gasteiger partial charge in [0, 0.05) is 0 Å². The Hall–Kier alpha value is -2.59. The Kier molecular flexibility index (Phi) is 10.8. The fraction of sp³-hybridized carbons (Fsp3) is 0.500. The van der Waals surface area contributed by atoms with Crippen LogP contribution in [0.4, 0.5) is 0 Å². The normalized spacial score (nSPS) is 16.6. The van der Waals surface area contributed by atoms with Crippen molar-refractivity contribution < 1.29 is 29.0 Å². The second-order valence-corrected chi connectivity index (χ2v) is 9.79. The van der Waals surface area contributed by atoms with Crippen molar-refractivity contribution in [2.75, 3.05) is 7.11 Å². The summed E-state index contributed by atoms with van der Waals surface area (Å²) in [7, 11) is 1.54. The van der Waals surface area contributed by atoms with E-state index < -0.39 is 30.2 Å². The molecule has 1 aromatic carbocycles. The highest BCUT2D eigenvalue weighted by Gasteiger charge is 2.41. The van der Waals surface area contributed by atoms with E-state index in [0.29, 0.717) is 17.1 Å². The molecule has 1 fully saturated rings. The number of carboxylic acid groups (broad SMARTS) is 1. The summed E-state index contributed by atoms with van der Waals surface area (Å²) >= 11 is 6.17. The highest BCUT2D eigenvalue weighted by molar-refractivity contribution is 8.26. The van der Waals surface area contributed by atoms with Crippen molar-refractivity contribution >= 4 is 52.2 Å². The number of benzene rings is 1. The number of rotatable bonds is 14. The fourth-order valence-electron chi connectivity index (χ4n) is 3.56. The van der Waals surface area contributed by atoms with Crippen LogP contribution in [0.2, 0.25) is 0 Å². The second kappa shape index (κ2) is 13.3. The molecule has 0 saturated carbocycles. The number of ether oxygens (including phenoxy) is 2. The van der Waals surface area contributed by atoms with Gasteiger partial charge in [-0.05, 0) is 43.5 Å². The number of hydrogen-bond acceptors (Lipinski definition) is 7. The fourth-order valence-corrected chi connectivity index (χ4v) is 4.92. The number of aliphatic carboxylic acids is 1. The van der Waals surface area contributed by atoms with Crippen LogP contribution in [-0.2, 0) is 14.4 Å². The van der Waals surface area contributed by atoms with E-state index in [1.807, 2.05) is 6.92 Å². The lowest BCUT2D eigenvalue weighted by atomic mass is 10.1. The third kappa shape index (κ3) is 7.73. The van der Waals surface area contributed by atoms with Gasteiger partial charge in [0.05, 0.1) is 24.5 Å². The molecule has 2 amide bonds. The summed E-state index contributed by atoms with van der Waals surface area (Å²) in [4.78, 5) is 36.9. The highest BCUT2D eigenvalue weighted by atomic mass is 32.2. The number of methoxy groups -OCH3 is 1. The van der Waals surface area contributed by atoms with Crippen molar-refractivity contribution in [3.63, 3.8) is 0 Å². The largest absolute Gasteiger partial charge is 0.493 e. The summed E-state index contributed by atoms with van der Waals surface area (Å²) in [5.41, 5.74) is 5.81. The first kappa shape index (κ1) is 27.7. The maximum Gasteiger partial charge on any atom is 0.327 e. The van der Waals surface area contributed by atoms with Crippen LogP contribution >= 0.6 is 24.0 Å². The molecule has 8 nitrogen and oxygen atoms in total. The number of amides is 2. The Morgan fingerprint density at radius 3 is 2.56 bits per heavy atom. The zero-order valence-electron chi connectivity index (χ0n) is 19.7. The molecule has 186 valence electrons. The summed E-state index contributed by atoms with van der Waals surface area (Å²) in [6, 6.07) is 3.88. The number of nitrogens with zero attached hydrogens (tertiary/aromatic N) is 1. The number of unbranched alkanes of at least 4 members (excludes halogenated alkanes) is 4. The van der Waals surface area contributed by atoms with Crippen molar-refractivity contribution in [1.82, 2.24) is 4.90 Å². The lowest BCUT2D eigenvalue weighted by molar-refractivity contribution is -0.146. The number of thiocarbonyl (C=S) groups is 1. The third-order valence-corrected chi connectivity index (χ3v) is 6.67. The summed E-state index contributed by atoms with van der Waals surface area (Å²) in [5.74, 6) is -1.63. The topological polar surface area (TPSA) is 119 Å². The number of carboxylic acids is 1.